The molecule has 90 valence electrons. The normalized spacial score (nSPS) is 17.4. The van der Waals surface area contributed by atoms with Gasteiger partial charge in [-0.15, -0.1) is 12.4 Å². The smallest absolute Gasteiger partial charge is 0.200 e. The maximum absolute atomic E-state index is 13.1. The highest BCUT2D eigenvalue weighted by atomic mass is 35.5. The average molecular weight is 250 g/mol. The molecule has 0 saturated heterocycles. The third-order valence-corrected chi connectivity index (χ3v) is 3.12. The van der Waals surface area contributed by atoms with Crippen LogP contribution in [0.2, 0.25) is 0 Å². The molecule has 0 unspecified atom stereocenters. The standard InChI is InChI=1S/C11H13F2NO.ClH/c12-8-5-4-7(11(15)9(8)13)10(14)6-2-1-3-6;/h4-6,10,15H,1-3,14H2;1H/t10-;/m0./s1. The molecule has 1 fully saturated rings. The first-order chi connectivity index (χ1) is 7.11. The van der Waals surface area contributed by atoms with Crippen LogP contribution in [-0.4, -0.2) is 5.11 Å². The van der Waals surface area contributed by atoms with E-state index in [-0.39, 0.29) is 18.3 Å². The van der Waals surface area contributed by atoms with E-state index in [0.29, 0.717) is 5.56 Å². The number of hydrogen-bond donors (Lipinski definition) is 2. The predicted octanol–water partition coefficient (Wildman–Crippen LogP) is 2.89. The molecule has 2 rings (SSSR count). The first-order valence-electron chi connectivity index (χ1n) is 5.03. The first kappa shape index (κ1) is 13.2. The summed E-state index contributed by atoms with van der Waals surface area (Å²) in [4.78, 5) is 0. The molecule has 0 spiro atoms. The van der Waals surface area contributed by atoms with Crippen LogP contribution in [0.1, 0.15) is 30.9 Å². The van der Waals surface area contributed by atoms with Crippen molar-refractivity contribution in [3.63, 3.8) is 0 Å². The number of phenols is 1. The van der Waals surface area contributed by atoms with Crippen molar-refractivity contribution in [2.45, 2.75) is 25.3 Å². The van der Waals surface area contributed by atoms with E-state index in [0.717, 1.165) is 25.3 Å². The van der Waals surface area contributed by atoms with Crippen LogP contribution in [0.5, 0.6) is 5.75 Å². The van der Waals surface area contributed by atoms with Crippen molar-refractivity contribution in [3.05, 3.63) is 29.3 Å². The molecule has 1 saturated carbocycles. The summed E-state index contributed by atoms with van der Waals surface area (Å²) in [5.41, 5.74) is 6.18. The number of phenolic OH excluding ortho intramolecular Hbond substituents is 1. The second-order valence-electron chi connectivity index (χ2n) is 4.02. The molecule has 1 aromatic rings. The Morgan fingerprint density at radius 3 is 2.44 bits per heavy atom. The van der Waals surface area contributed by atoms with Crippen molar-refractivity contribution in [1.82, 2.24) is 0 Å². The molecule has 0 heterocycles. The Balaban J connectivity index is 0.00000128. The molecule has 16 heavy (non-hydrogen) atoms. The monoisotopic (exact) mass is 249 g/mol. The summed E-state index contributed by atoms with van der Waals surface area (Å²) < 4.78 is 25.8. The molecule has 1 aliphatic carbocycles. The minimum Gasteiger partial charge on any atom is -0.505 e. The van der Waals surface area contributed by atoms with E-state index in [4.69, 9.17) is 5.73 Å². The van der Waals surface area contributed by atoms with Gasteiger partial charge in [0.2, 0.25) is 5.82 Å². The van der Waals surface area contributed by atoms with Crippen LogP contribution < -0.4 is 5.73 Å². The highest BCUT2D eigenvalue weighted by Gasteiger charge is 2.28. The van der Waals surface area contributed by atoms with E-state index in [9.17, 15) is 13.9 Å². The molecular weight excluding hydrogens is 236 g/mol. The minimum atomic E-state index is -1.21. The van der Waals surface area contributed by atoms with E-state index in [1.54, 1.807) is 0 Å². The number of halogens is 3. The summed E-state index contributed by atoms with van der Waals surface area (Å²) in [5, 5.41) is 9.42. The van der Waals surface area contributed by atoms with E-state index in [1.165, 1.54) is 6.07 Å². The summed E-state index contributed by atoms with van der Waals surface area (Å²) in [5.74, 6) is -2.62. The third kappa shape index (κ3) is 2.13. The van der Waals surface area contributed by atoms with Crippen molar-refractivity contribution < 1.29 is 13.9 Å². The Bertz CT molecular complexity index is 382. The van der Waals surface area contributed by atoms with Gasteiger partial charge in [0.15, 0.2) is 11.6 Å². The largest absolute Gasteiger partial charge is 0.505 e. The molecule has 0 radical (unpaired) electrons. The van der Waals surface area contributed by atoms with Gasteiger partial charge >= 0.3 is 0 Å². The van der Waals surface area contributed by atoms with Gasteiger partial charge in [0.25, 0.3) is 0 Å². The molecule has 1 atom stereocenters. The Labute approximate surface area is 98.9 Å². The summed E-state index contributed by atoms with van der Waals surface area (Å²) >= 11 is 0. The van der Waals surface area contributed by atoms with Gasteiger partial charge in [-0.2, -0.15) is 4.39 Å². The molecule has 1 aliphatic rings. The Morgan fingerprint density at radius 2 is 1.94 bits per heavy atom. The van der Waals surface area contributed by atoms with Crippen molar-refractivity contribution in [2.24, 2.45) is 11.7 Å². The maximum Gasteiger partial charge on any atom is 0.200 e. The summed E-state index contributed by atoms with van der Waals surface area (Å²) in [7, 11) is 0. The Hall–Kier alpha value is -0.870. The van der Waals surface area contributed by atoms with Crippen LogP contribution >= 0.6 is 12.4 Å². The zero-order valence-electron chi connectivity index (χ0n) is 8.62. The zero-order chi connectivity index (χ0) is 11.0. The van der Waals surface area contributed by atoms with Gasteiger partial charge in [-0.25, -0.2) is 4.39 Å². The maximum atomic E-state index is 13.1. The number of rotatable bonds is 2. The van der Waals surface area contributed by atoms with Crippen molar-refractivity contribution in [2.75, 3.05) is 0 Å². The minimum absolute atomic E-state index is 0. The lowest BCUT2D eigenvalue weighted by molar-refractivity contribution is 0.258. The Morgan fingerprint density at radius 1 is 1.31 bits per heavy atom. The highest BCUT2D eigenvalue weighted by molar-refractivity contribution is 5.85. The molecule has 0 bridgehead atoms. The lowest BCUT2D eigenvalue weighted by atomic mass is 9.77. The Kier molecular flexibility index (Phi) is 4.10. The topological polar surface area (TPSA) is 46.2 Å². The van der Waals surface area contributed by atoms with Crippen LogP contribution in [-0.2, 0) is 0 Å². The first-order valence-corrected chi connectivity index (χ1v) is 5.03. The SMILES string of the molecule is Cl.N[C@H](c1ccc(F)c(F)c1O)C1CCC1. The van der Waals surface area contributed by atoms with Gasteiger partial charge in [-0.3, -0.25) is 0 Å². The fourth-order valence-corrected chi connectivity index (χ4v) is 1.88. The molecule has 3 N–H and O–H groups in total. The fraction of sp³-hybridized carbons (Fsp3) is 0.455. The molecule has 5 heteroatoms. The lowest BCUT2D eigenvalue weighted by Gasteiger charge is -2.31. The van der Waals surface area contributed by atoms with Gasteiger partial charge in [-0.1, -0.05) is 12.5 Å². The molecule has 1 aromatic carbocycles. The lowest BCUT2D eigenvalue weighted by Crippen LogP contribution is -2.27. The van der Waals surface area contributed by atoms with Gasteiger partial charge in [0.05, 0.1) is 0 Å². The van der Waals surface area contributed by atoms with Crippen molar-refractivity contribution in [1.29, 1.82) is 0 Å². The quantitative estimate of drug-likeness (QED) is 0.847. The van der Waals surface area contributed by atoms with Crippen molar-refractivity contribution in [3.8, 4) is 5.75 Å². The zero-order valence-corrected chi connectivity index (χ0v) is 9.44. The number of nitrogens with two attached hydrogens (primary N) is 1. The predicted molar refractivity (Wildman–Crippen MR) is 59.5 cm³/mol. The second-order valence-corrected chi connectivity index (χ2v) is 4.02. The van der Waals surface area contributed by atoms with E-state index in [2.05, 4.69) is 0 Å². The van der Waals surface area contributed by atoms with Crippen LogP contribution in [0, 0.1) is 17.6 Å². The molecule has 0 aromatic heterocycles. The van der Waals surface area contributed by atoms with Gasteiger partial charge in [0.1, 0.15) is 0 Å². The number of benzene rings is 1. The summed E-state index contributed by atoms with van der Waals surface area (Å²) in [6.45, 7) is 0. The van der Waals surface area contributed by atoms with E-state index < -0.39 is 23.4 Å². The molecule has 0 aliphatic heterocycles. The summed E-state index contributed by atoms with van der Waals surface area (Å²) in [6, 6.07) is 1.97. The highest BCUT2D eigenvalue weighted by Crippen LogP contribution is 2.39. The van der Waals surface area contributed by atoms with Gasteiger partial charge in [-0.05, 0) is 24.8 Å². The number of aromatic hydroxyl groups is 1. The fourth-order valence-electron chi connectivity index (χ4n) is 1.88. The third-order valence-electron chi connectivity index (χ3n) is 3.12. The van der Waals surface area contributed by atoms with Gasteiger partial charge < -0.3 is 10.8 Å². The second kappa shape index (κ2) is 4.97. The molecular formula is C11H14ClF2NO. The van der Waals surface area contributed by atoms with Gasteiger partial charge in [0, 0.05) is 11.6 Å². The van der Waals surface area contributed by atoms with E-state index >= 15 is 0 Å². The average Bonchev–Trinajstić information content (AvgIpc) is 2.11. The van der Waals surface area contributed by atoms with Crippen LogP contribution in [0.25, 0.3) is 0 Å². The number of hydrogen-bond acceptors (Lipinski definition) is 2. The van der Waals surface area contributed by atoms with Crippen molar-refractivity contribution >= 4 is 12.4 Å². The molecule has 2 nitrogen and oxygen atoms in total. The van der Waals surface area contributed by atoms with Crippen LogP contribution in [0.4, 0.5) is 8.78 Å². The van der Waals surface area contributed by atoms with Crippen LogP contribution in [0.15, 0.2) is 12.1 Å². The molecule has 0 amide bonds. The summed E-state index contributed by atoms with van der Waals surface area (Å²) in [6.07, 6.45) is 3.09. The van der Waals surface area contributed by atoms with E-state index in [1.807, 2.05) is 0 Å². The van der Waals surface area contributed by atoms with Crippen LogP contribution in [0.3, 0.4) is 0 Å².